The third kappa shape index (κ3) is 6.33. The Labute approximate surface area is 189 Å². The SMILES string of the molecule is CCOC(=O)Cn1c(=NC(=O)CSCC(=O)N2CCCCC2)sc2cc(OC)ccc21. The molecule has 1 aliphatic rings. The van der Waals surface area contributed by atoms with E-state index in [4.69, 9.17) is 9.47 Å². The van der Waals surface area contributed by atoms with Crippen molar-refractivity contribution in [2.75, 3.05) is 38.3 Å². The number of thiazole rings is 1. The van der Waals surface area contributed by atoms with Crippen molar-refractivity contribution in [1.29, 1.82) is 0 Å². The lowest BCUT2D eigenvalue weighted by atomic mass is 10.1. The predicted molar refractivity (Wildman–Crippen MR) is 121 cm³/mol. The monoisotopic (exact) mass is 465 g/mol. The number of thioether (sulfide) groups is 1. The van der Waals surface area contributed by atoms with Gasteiger partial charge in [-0.25, -0.2) is 0 Å². The Morgan fingerprint density at radius 3 is 2.65 bits per heavy atom. The van der Waals surface area contributed by atoms with Gasteiger partial charge in [0, 0.05) is 13.1 Å². The number of carbonyl (C=O) groups is 3. The van der Waals surface area contributed by atoms with Crippen LogP contribution in [0.1, 0.15) is 26.2 Å². The average Bonchev–Trinajstić information content (AvgIpc) is 3.10. The summed E-state index contributed by atoms with van der Waals surface area (Å²) in [6, 6.07) is 5.47. The first kappa shape index (κ1) is 23.3. The van der Waals surface area contributed by atoms with E-state index in [1.807, 2.05) is 17.0 Å². The topological polar surface area (TPSA) is 90.2 Å². The average molecular weight is 466 g/mol. The van der Waals surface area contributed by atoms with E-state index in [2.05, 4.69) is 4.99 Å². The van der Waals surface area contributed by atoms with Crippen LogP contribution >= 0.6 is 23.1 Å². The normalized spacial score (nSPS) is 14.6. The number of carbonyl (C=O) groups excluding carboxylic acids is 3. The fourth-order valence-electron chi connectivity index (χ4n) is 3.35. The van der Waals surface area contributed by atoms with Crippen molar-refractivity contribution in [1.82, 2.24) is 9.47 Å². The van der Waals surface area contributed by atoms with E-state index >= 15 is 0 Å². The summed E-state index contributed by atoms with van der Waals surface area (Å²) < 4.78 is 12.9. The fourth-order valence-corrected chi connectivity index (χ4v) is 5.13. The van der Waals surface area contributed by atoms with Gasteiger partial charge in [-0.2, -0.15) is 4.99 Å². The number of likely N-dealkylation sites (tertiary alicyclic amines) is 1. The molecule has 0 radical (unpaired) electrons. The highest BCUT2D eigenvalue weighted by atomic mass is 32.2. The van der Waals surface area contributed by atoms with E-state index in [1.165, 1.54) is 29.5 Å². The van der Waals surface area contributed by atoms with Gasteiger partial charge >= 0.3 is 5.97 Å². The number of ether oxygens (including phenoxy) is 2. The van der Waals surface area contributed by atoms with Gasteiger partial charge in [0.15, 0.2) is 4.80 Å². The summed E-state index contributed by atoms with van der Waals surface area (Å²) in [6.45, 7) is 3.60. The molecule has 0 aliphatic carbocycles. The third-order valence-corrected chi connectivity index (χ3v) is 6.81. The van der Waals surface area contributed by atoms with E-state index in [0.717, 1.165) is 36.1 Å². The Bertz CT molecular complexity index is 1010. The molecule has 8 nitrogen and oxygen atoms in total. The molecule has 1 aromatic carbocycles. The number of fused-ring (bicyclic) bond motifs is 1. The quantitative estimate of drug-likeness (QED) is 0.557. The van der Waals surface area contributed by atoms with Crippen LogP contribution < -0.4 is 9.54 Å². The summed E-state index contributed by atoms with van der Waals surface area (Å²) in [5.74, 6) is 0.399. The fraction of sp³-hybridized carbons (Fsp3) is 0.524. The zero-order valence-corrected chi connectivity index (χ0v) is 19.4. The first-order chi connectivity index (χ1) is 15.0. The number of rotatable bonds is 8. The zero-order valence-electron chi connectivity index (χ0n) is 17.8. The van der Waals surface area contributed by atoms with E-state index in [9.17, 15) is 14.4 Å². The highest BCUT2D eigenvalue weighted by molar-refractivity contribution is 8.00. The lowest BCUT2D eigenvalue weighted by molar-refractivity contribution is -0.143. The Balaban J connectivity index is 1.73. The van der Waals surface area contributed by atoms with Crippen molar-refractivity contribution in [3.63, 3.8) is 0 Å². The Morgan fingerprint density at radius 1 is 1.16 bits per heavy atom. The van der Waals surface area contributed by atoms with Crippen LogP contribution in [0.5, 0.6) is 5.75 Å². The minimum Gasteiger partial charge on any atom is -0.497 e. The maximum Gasteiger partial charge on any atom is 0.326 e. The molecule has 0 saturated carbocycles. The van der Waals surface area contributed by atoms with Gasteiger partial charge in [0.1, 0.15) is 12.3 Å². The highest BCUT2D eigenvalue weighted by Crippen LogP contribution is 2.23. The lowest BCUT2D eigenvalue weighted by Gasteiger charge is -2.26. The number of amides is 2. The maximum absolute atomic E-state index is 12.5. The molecular weight excluding hydrogens is 438 g/mol. The van der Waals surface area contributed by atoms with E-state index < -0.39 is 5.97 Å². The molecule has 168 valence electrons. The molecule has 0 unspecified atom stereocenters. The van der Waals surface area contributed by atoms with Gasteiger partial charge in [-0.1, -0.05) is 11.3 Å². The van der Waals surface area contributed by atoms with Crippen LogP contribution in [0.25, 0.3) is 10.2 Å². The molecule has 1 aromatic heterocycles. The summed E-state index contributed by atoms with van der Waals surface area (Å²) >= 11 is 2.58. The minimum absolute atomic E-state index is 0.0349. The third-order valence-electron chi connectivity index (χ3n) is 4.86. The molecule has 0 atom stereocenters. The van der Waals surface area contributed by atoms with Crippen molar-refractivity contribution < 1.29 is 23.9 Å². The number of hydrogen-bond acceptors (Lipinski definition) is 7. The molecule has 1 fully saturated rings. The Morgan fingerprint density at radius 2 is 1.94 bits per heavy atom. The number of nitrogens with zero attached hydrogens (tertiary/aromatic N) is 3. The molecule has 2 aromatic rings. The molecule has 10 heteroatoms. The van der Waals surface area contributed by atoms with Crippen LogP contribution in [-0.4, -0.2) is 65.6 Å². The summed E-state index contributed by atoms with van der Waals surface area (Å²) in [5, 5.41) is 0. The van der Waals surface area contributed by atoms with Crippen molar-refractivity contribution in [3.05, 3.63) is 23.0 Å². The molecule has 0 N–H and O–H groups in total. The molecular formula is C21H27N3O5S2. The minimum atomic E-state index is -0.395. The zero-order chi connectivity index (χ0) is 22.2. The number of piperidine rings is 1. The number of methoxy groups -OCH3 is 1. The summed E-state index contributed by atoms with van der Waals surface area (Å²) in [5.41, 5.74) is 0.776. The number of aromatic nitrogens is 1. The largest absolute Gasteiger partial charge is 0.497 e. The molecule has 0 spiro atoms. The molecule has 3 rings (SSSR count). The van der Waals surface area contributed by atoms with Gasteiger partial charge in [-0.05, 0) is 44.4 Å². The van der Waals surface area contributed by atoms with Gasteiger partial charge in [0.2, 0.25) is 5.91 Å². The standard InChI is InChI=1S/C21H27N3O5S2/c1-3-29-20(27)12-24-16-8-7-15(28-2)11-17(16)31-21(24)22-18(25)13-30-14-19(26)23-9-5-4-6-10-23/h7-8,11H,3-6,9-10,12-14H2,1-2H3. The van der Waals surface area contributed by atoms with Gasteiger partial charge in [0.05, 0.1) is 35.4 Å². The summed E-state index contributed by atoms with van der Waals surface area (Å²) in [6.07, 6.45) is 3.25. The second kappa shape index (κ2) is 11.3. The van der Waals surface area contributed by atoms with Crippen LogP contribution in [0.4, 0.5) is 0 Å². The van der Waals surface area contributed by atoms with Crippen molar-refractivity contribution in [3.8, 4) is 5.75 Å². The summed E-state index contributed by atoms with van der Waals surface area (Å²) in [7, 11) is 1.58. The molecule has 2 heterocycles. The van der Waals surface area contributed by atoms with Gasteiger partial charge in [0.25, 0.3) is 5.91 Å². The lowest BCUT2D eigenvalue weighted by Crippen LogP contribution is -2.36. The second-order valence-corrected chi connectivity index (χ2v) is 9.04. The van der Waals surface area contributed by atoms with Crippen LogP contribution in [0.2, 0.25) is 0 Å². The Kier molecular flexibility index (Phi) is 8.53. The molecule has 0 bridgehead atoms. The van der Waals surface area contributed by atoms with Crippen LogP contribution in [0, 0.1) is 0 Å². The summed E-state index contributed by atoms with van der Waals surface area (Å²) in [4.78, 5) is 43.3. The molecule has 2 amide bonds. The van der Waals surface area contributed by atoms with Crippen LogP contribution in [0.15, 0.2) is 23.2 Å². The molecule has 1 saturated heterocycles. The van der Waals surface area contributed by atoms with Crippen molar-refractivity contribution in [2.45, 2.75) is 32.7 Å². The first-order valence-electron chi connectivity index (χ1n) is 10.3. The van der Waals surface area contributed by atoms with Gasteiger partial charge in [-0.3, -0.25) is 14.4 Å². The first-order valence-corrected chi connectivity index (χ1v) is 12.2. The second-order valence-electron chi connectivity index (χ2n) is 7.05. The van der Waals surface area contributed by atoms with Crippen LogP contribution in [0.3, 0.4) is 0 Å². The highest BCUT2D eigenvalue weighted by Gasteiger charge is 2.17. The van der Waals surface area contributed by atoms with Crippen molar-refractivity contribution >= 4 is 51.1 Å². The van der Waals surface area contributed by atoms with E-state index in [-0.39, 0.29) is 36.5 Å². The molecule has 1 aliphatic heterocycles. The van der Waals surface area contributed by atoms with Crippen molar-refractivity contribution in [2.24, 2.45) is 4.99 Å². The van der Waals surface area contributed by atoms with Gasteiger partial charge in [-0.15, -0.1) is 11.8 Å². The number of benzene rings is 1. The maximum atomic E-state index is 12.5. The Hall–Kier alpha value is -2.33. The smallest absolute Gasteiger partial charge is 0.326 e. The number of esters is 1. The van der Waals surface area contributed by atoms with E-state index in [1.54, 1.807) is 24.7 Å². The van der Waals surface area contributed by atoms with E-state index in [0.29, 0.717) is 10.6 Å². The predicted octanol–water partition coefficient (Wildman–Crippen LogP) is 2.45. The van der Waals surface area contributed by atoms with Crippen LogP contribution in [-0.2, 0) is 25.7 Å². The molecule has 31 heavy (non-hydrogen) atoms. The number of hydrogen-bond donors (Lipinski definition) is 0. The van der Waals surface area contributed by atoms with Gasteiger partial charge < -0.3 is 18.9 Å².